The molecule has 0 aromatic rings. The molecule has 0 radical (unpaired) electrons. The molecule has 2 N–H and O–H groups in total. The van der Waals surface area contributed by atoms with Crippen molar-refractivity contribution in [3.8, 4) is 0 Å². The number of hydrogen-bond donors (Lipinski definition) is 2. The third kappa shape index (κ3) is 2.68. The molecular formula is C11H23NO. The summed E-state index contributed by atoms with van der Waals surface area (Å²) in [5.41, 5.74) is 0. The molecule has 13 heavy (non-hydrogen) atoms. The Kier molecular flexibility index (Phi) is 4.20. The number of rotatable bonds is 3. The minimum absolute atomic E-state index is 0.342. The van der Waals surface area contributed by atoms with Crippen molar-refractivity contribution in [2.24, 2.45) is 17.8 Å². The van der Waals surface area contributed by atoms with Crippen molar-refractivity contribution in [3.05, 3.63) is 0 Å². The van der Waals surface area contributed by atoms with Crippen molar-refractivity contribution in [3.63, 3.8) is 0 Å². The average Bonchev–Trinajstić information content (AvgIpc) is 2.16. The molecule has 2 nitrogen and oxygen atoms in total. The maximum Gasteiger partial charge on any atom is 0.0474 e. The van der Waals surface area contributed by atoms with Crippen LogP contribution in [0.15, 0.2) is 0 Å². The standard InChI is InChI=1S/C11H23NO/c1-4-11-10(7-13)5-9(6-12-11)8(2)3/h8-13H,4-7H2,1-3H3. The van der Waals surface area contributed by atoms with E-state index in [1.807, 2.05) is 0 Å². The van der Waals surface area contributed by atoms with Crippen LogP contribution in [0.2, 0.25) is 0 Å². The van der Waals surface area contributed by atoms with E-state index >= 15 is 0 Å². The summed E-state index contributed by atoms with van der Waals surface area (Å²) in [6.07, 6.45) is 2.33. The monoisotopic (exact) mass is 185 g/mol. The van der Waals surface area contributed by atoms with Crippen LogP contribution in [0.4, 0.5) is 0 Å². The zero-order valence-corrected chi connectivity index (χ0v) is 9.09. The molecule has 3 unspecified atom stereocenters. The Bertz CT molecular complexity index is 147. The maximum absolute atomic E-state index is 9.25. The summed E-state index contributed by atoms with van der Waals surface area (Å²) in [4.78, 5) is 0. The van der Waals surface area contributed by atoms with E-state index in [-0.39, 0.29) is 0 Å². The Labute approximate surface area is 81.7 Å². The second-order valence-corrected chi connectivity index (χ2v) is 4.61. The van der Waals surface area contributed by atoms with Gasteiger partial charge in [0.1, 0.15) is 0 Å². The summed E-state index contributed by atoms with van der Waals surface area (Å²) in [5, 5.41) is 12.8. The van der Waals surface area contributed by atoms with Gasteiger partial charge in [0.2, 0.25) is 0 Å². The van der Waals surface area contributed by atoms with Crippen LogP contribution in [0.1, 0.15) is 33.6 Å². The van der Waals surface area contributed by atoms with Crippen molar-refractivity contribution in [1.29, 1.82) is 0 Å². The quantitative estimate of drug-likeness (QED) is 0.700. The van der Waals surface area contributed by atoms with Gasteiger partial charge in [-0.15, -0.1) is 0 Å². The van der Waals surface area contributed by atoms with Crippen LogP contribution < -0.4 is 5.32 Å². The topological polar surface area (TPSA) is 32.3 Å². The van der Waals surface area contributed by atoms with E-state index in [1.165, 1.54) is 6.42 Å². The molecule has 0 saturated carbocycles. The molecular weight excluding hydrogens is 162 g/mol. The van der Waals surface area contributed by atoms with Crippen LogP contribution >= 0.6 is 0 Å². The van der Waals surface area contributed by atoms with Gasteiger partial charge in [0.05, 0.1) is 0 Å². The van der Waals surface area contributed by atoms with Gasteiger partial charge >= 0.3 is 0 Å². The zero-order chi connectivity index (χ0) is 9.84. The highest BCUT2D eigenvalue weighted by atomic mass is 16.3. The lowest BCUT2D eigenvalue weighted by molar-refractivity contribution is 0.113. The van der Waals surface area contributed by atoms with Crippen LogP contribution in [0, 0.1) is 17.8 Å². The fraction of sp³-hybridized carbons (Fsp3) is 1.00. The van der Waals surface area contributed by atoms with Crippen molar-refractivity contribution in [2.75, 3.05) is 13.2 Å². The third-order valence-corrected chi connectivity index (χ3v) is 3.43. The first kappa shape index (κ1) is 11.0. The molecule has 0 bridgehead atoms. The predicted octanol–water partition coefficient (Wildman–Crippen LogP) is 1.64. The van der Waals surface area contributed by atoms with E-state index in [4.69, 9.17) is 0 Å². The highest BCUT2D eigenvalue weighted by Gasteiger charge is 2.29. The summed E-state index contributed by atoms with van der Waals surface area (Å²) in [6, 6.07) is 0.542. The number of aliphatic hydroxyl groups excluding tert-OH is 1. The molecule has 0 aliphatic carbocycles. The predicted molar refractivity (Wildman–Crippen MR) is 55.6 cm³/mol. The van der Waals surface area contributed by atoms with E-state index in [0.29, 0.717) is 18.6 Å². The lowest BCUT2D eigenvalue weighted by Crippen LogP contribution is -2.47. The highest BCUT2D eigenvalue weighted by Crippen LogP contribution is 2.27. The maximum atomic E-state index is 9.25. The van der Waals surface area contributed by atoms with Crippen LogP contribution in [0.3, 0.4) is 0 Å². The average molecular weight is 185 g/mol. The van der Waals surface area contributed by atoms with E-state index in [0.717, 1.165) is 24.8 Å². The zero-order valence-electron chi connectivity index (χ0n) is 9.09. The van der Waals surface area contributed by atoms with Gasteiger partial charge in [-0.2, -0.15) is 0 Å². The van der Waals surface area contributed by atoms with Gasteiger partial charge in [-0.1, -0.05) is 20.8 Å². The Morgan fingerprint density at radius 1 is 1.46 bits per heavy atom. The molecule has 1 aliphatic rings. The number of nitrogens with one attached hydrogen (secondary N) is 1. The Balaban J connectivity index is 2.47. The largest absolute Gasteiger partial charge is 0.396 e. The fourth-order valence-electron chi connectivity index (χ4n) is 2.29. The van der Waals surface area contributed by atoms with E-state index in [2.05, 4.69) is 26.1 Å². The van der Waals surface area contributed by atoms with E-state index in [1.54, 1.807) is 0 Å². The SMILES string of the molecule is CCC1NCC(C(C)C)CC1CO. The second-order valence-electron chi connectivity index (χ2n) is 4.61. The Hall–Kier alpha value is -0.0800. The molecule has 1 fully saturated rings. The normalized spacial score (nSPS) is 35.3. The van der Waals surface area contributed by atoms with Crippen molar-refractivity contribution >= 4 is 0 Å². The van der Waals surface area contributed by atoms with Crippen molar-refractivity contribution in [1.82, 2.24) is 5.32 Å². The minimum Gasteiger partial charge on any atom is -0.396 e. The smallest absolute Gasteiger partial charge is 0.0474 e. The molecule has 3 atom stereocenters. The molecule has 0 aromatic heterocycles. The summed E-state index contributed by atoms with van der Waals surface area (Å²) in [6.45, 7) is 8.21. The molecule has 0 spiro atoms. The van der Waals surface area contributed by atoms with E-state index < -0.39 is 0 Å². The summed E-state index contributed by atoms with van der Waals surface area (Å²) in [7, 11) is 0. The summed E-state index contributed by atoms with van der Waals surface area (Å²) < 4.78 is 0. The molecule has 2 heteroatoms. The summed E-state index contributed by atoms with van der Waals surface area (Å²) in [5.74, 6) is 1.96. The van der Waals surface area contributed by atoms with Crippen molar-refractivity contribution < 1.29 is 5.11 Å². The van der Waals surface area contributed by atoms with Gasteiger partial charge in [0.25, 0.3) is 0 Å². The Morgan fingerprint density at radius 3 is 2.62 bits per heavy atom. The third-order valence-electron chi connectivity index (χ3n) is 3.43. The molecule has 1 aliphatic heterocycles. The van der Waals surface area contributed by atoms with Gasteiger partial charge in [-0.25, -0.2) is 0 Å². The molecule has 78 valence electrons. The Morgan fingerprint density at radius 2 is 2.15 bits per heavy atom. The lowest BCUT2D eigenvalue weighted by Gasteiger charge is -2.37. The van der Waals surface area contributed by atoms with Gasteiger partial charge in [0.15, 0.2) is 0 Å². The second kappa shape index (κ2) is 4.97. The number of aliphatic hydroxyl groups is 1. The minimum atomic E-state index is 0.342. The van der Waals surface area contributed by atoms with Crippen LogP contribution in [-0.2, 0) is 0 Å². The van der Waals surface area contributed by atoms with Gasteiger partial charge in [-0.05, 0) is 37.1 Å². The van der Waals surface area contributed by atoms with Gasteiger partial charge in [0, 0.05) is 12.6 Å². The first-order chi connectivity index (χ1) is 6.19. The first-order valence-electron chi connectivity index (χ1n) is 5.53. The molecule has 1 rings (SSSR count). The fourth-order valence-corrected chi connectivity index (χ4v) is 2.29. The van der Waals surface area contributed by atoms with Gasteiger partial charge in [-0.3, -0.25) is 0 Å². The van der Waals surface area contributed by atoms with Crippen LogP contribution in [-0.4, -0.2) is 24.3 Å². The summed E-state index contributed by atoms with van der Waals surface area (Å²) >= 11 is 0. The lowest BCUT2D eigenvalue weighted by atomic mass is 9.79. The molecule has 0 amide bonds. The van der Waals surface area contributed by atoms with Crippen molar-refractivity contribution in [2.45, 2.75) is 39.7 Å². The first-order valence-corrected chi connectivity index (χ1v) is 5.53. The molecule has 1 heterocycles. The molecule has 0 aromatic carbocycles. The van der Waals surface area contributed by atoms with Gasteiger partial charge < -0.3 is 10.4 Å². The number of piperidine rings is 1. The van der Waals surface area contributed by atoms with E-state index in [9.17, 15) is 5.11 Å². The number of hydrogen-bond acceptors (Lipinski definition) is 2. The highest BCUT2D eigenvalue weighted by molar-refractivity contribution is 4.85. The van der Waals surface area contributed by atoms with Crippen LogP contribution in [0.25, 0.3) is 0 Å². The van der Waals surface area contributed by atoms with Crippen LogP contribution in [0.5, 0.6) is 0 Å². The molecule has 1 saturated heterocycles.